The molecule has 1 amide bonds. The van der Waals surface area contributed by atoms with Crippen molar-refractivity contribution in [3.05, 3.63) is 48.0 Å². The van der Waals surface area contributed by atoms with Gasteiger partial charge in [-0.1, -0.05) is 68.5 Å². The van der Waals surface area contributed by atoms with Crippen molar-refractivity contribution >= 4 is 16.9 Å². The first-order valence-corrected chi connectivity index (χ1v) is 10.3. The van der Waals surface area contributed by atoms with Gasteiger partial charge in [0.15, 0.2) is 0 Å². The second-order valence-electron chi connectivity index (χ2n) is 8.09. The Morgan fingerprint density at radius 1 is 1.04 bits per heavy atom. The molecule has 2 fully saturated rings. The number of nitrogens with zero attached hydrogens (tertiary/aromatic N) is 1. The predicted molar refractivity (Wildman–Crippen MR) is 104 cm³/mol. The van der Waals surface area contributed by atoms with E-state index >= 15 is 0 Å². The van der Waals surface area contributed by atoms with E-state index in [9.17, 15) is 9.90 Å². The molecule has 1 saturated heterocycles. The van der Waals surface area contributed by atoms with Crippen LogP contribution in [0.1, 0.15) is 44.1 Å². The molecule has 0 N–H and O–H groups in total. The summed E-state index contributed by atoms with van der Waals surface area (Å²) >= 11 is 0. The van der Waals surface area contributed by atoms with Crippen LogP contribution < -0.4 is 5.11 Å². The number of hydrogen-bond acceptors (Lipinski definition) is 3. The topological polar surface area (TPSA) is 52.6 Å². The van der Waals surface area contributed by atoms with E-state index in [0.717, 1.165) is 12.0 Å². The monoisotopic (exact) mass is 366 g/mol. The van der Waals surface area contributed by atoms with Crippen LogP contribution >= 0.6 is 0 Å². The molecule has 2 atom stereocenters. The number of benzene rings is 2. The fourth-order valence-electron chi connectivity index (χ4n) is 4.91. The highest BCUT2D eigenvalue weighted by Gasteiger charge is 2.35. The van der Waals surface area contributed by atoms with Crippen LogP contribution in [-0.2, 0) is 11.3 Å². The van der Waals surface area contributed by atoms with E-state index in [-0.39, 0.29) is 6.10 Å². The summed E-state index contributed by atoms with van der Waals surface area (Å²) in [5, 5.41) is 13.8. The van der Waals surface area contributed by atoms with Crippen LogP contribution in [0.15, 0.2) is 42.5 Å². The summed E-state index contributed by atoms with van der Waals surface area (Å²) in [5.41, 5.74) is 1.14. The molecule has 144 valence electrons. The van der Waals surface area contributed by atoms with Crippen molar-refractivity contribution < 1.29 is 14.6 Å². The quantitative estimate of drug-likeness (QED) is 0.823. The minimum absolute atomic E-state index is 0.0359. The smallest absolute Gasteiger partial charge is 0.137 e. The Labute approximate surface area is 161 Å². The third-order valence-corrected chi connectivity index (χ3v) is 6.40. The lowest BCUT2D eigenvalue weighted by molar-refractivity contribution is -0.269. The van der Waals surface area contributed by atoms with Crippen LogP contribution in [0.2, 0.25) is 0 Å². The zero-order chi connectivity index (χ0) is 18.6. The predicted octanol–water partition coefficient (Wildman–Crippen LogP) is 3.97. The number of carbonyl (C=O) groups is 1. The standard InChI is InChI=1S/C23H29NO3/c25-23(26)24-13-12-21(19-7-2-1-3-8-19)22(15-24)27-16-17-10-11-18-6-4-5-9-20(18)14-17/h4-6,9-11,14,19,21-22H,1-3,7-8,12-13,15-16H2,(H,25,26)/p-1. The van der Waals surface area contributed by atoms with E-state index < -0.39 is 6.09 Å². The molecule has 0 radical (unpaired) electrons. The van der Waals surface area contributed by atoms with Crippen molar-refractivity contribution in [2.45, 2.75) is 51.2 Å². The van der Waals surface area contributed by atoms with Crippen LogP contribution in [0.25, 0.3) is 10.8 Å². The van der Waals surface area contributed by atoms with Crippen molar-refractivity contribution in [2.24, 2.45) is 11.8 Å². The van der Waals surface area contributed by atoms with Gasteiger partial charge in [-0.25, -0.2) is 0 Å². The number of piperidine rings is 1. The van der Waals surface area contributed by atoms with Crippen LogP contribution in [-0.4, -0.2) is 30.2 Å². The third-order valence-electron chi connectivity index (χ3n) is 6.40. The number of carbonyl (C=O) groups excluding carboxylic acids is 1. The Bertz CT molecular complexity index is 784. The molecule has 1 saturated carbocycles. The number of amides is 1. The lowest BCUT2D eigenvalue weighted by Gasteiger charge is -2.43. The maximum absolute atomic E-state index is 11.4. The minimum Gasteiger partial charge on any atom is -0.530 e. The second kappa shape index (κ2) is 8.30. The van der Waals surface area contributed by atoms with E-state index in [1.165, 1.54) is 47.8 Å². The number of carboxylic acid groups (broad SMARTS) is 1. The van der Waals surface area contributed by atoms with Crippen molar-refractivity contribution in [2.75, 3.05) is 13.1 Å². The largest absolute Gasteiger partial charge is 0.530 e. The van der Waals surface area contributed by atoms with E-state index in [4.69, 9.17) is 4.74 Å². The van der Waals surface area contributed by atoms with Gasteiger partial charge in [0.1, 0.15) is 6.09 Å². The maximum Gasteiger partial charge on any atom is 0.137 e. The third kappa shape index (κ3) is 4.27. The molecule has 1 heterocycles. The van der Waals surface area contributed by atoms with Crippen LogP contribution in [0, 0.1) is 11.8 Å². The highest BCUT2D eigenvalue weighted by molar-refractivity contribution is 5.82. The van der Waals surface area contributed by atoms with Gasteiger partial charge in [-0.15, -0.1) is 0 Å². The SMILES string of the molecule is O=C([O-])N1CCC(C2CCCCC2)C(OCc2ccc3ccccc3c2)C1. The molecule has 0 aromatic heterocycles. The molecule has 4 nitrogen and oxygen atoms in total. The molecule has 4 rings (SSSR count). The molecular formula is C23H28NO3-. The molecule has 0 spiro atoms. The fourth-order valence-corrected chi connectivity index (χ4v) is 4.91. The first kappa shape index (κ1) is 18.3. The average Bonchev–Trinajstić information content (AvgIpc) is 2.72. The summed E-state index contributed by atoms with van der Waals surface area (Å²) in [4.78, 5) is 12.8. The Morgan fingerprint density at radius 2 is 1.81 bits per heavy atom. The molecule has 2 unspecified atom stereocenters. The molecule has 0 bridgehead atoms. The zero-order valence-corrected chi connectivity index (χ0v) is 15.8. The number of rotatable bonds is 4. The molecule has 2 aliphatic rings. The van der Waals surface area contributed by atoms with Gasteiger partial charge in [-0.3, -0.25) is 0 Å². The van der Waals surface area contributed by atoms with E-state index in [2.05, 4.69) is 30.3 Å². The summed E-state index contributed by atoms with van der Waals surface area (Å²) in [5.74, 6) is 1.13. The Morgan fingerprint density at radius 3 is 2.59 bits per heavy atom. The highest BCUT2D eigenvalue weighted by Crippen LogP contribution is 2.37. The summed E-state index contributed by atoms with van der Waals surface area (Å²) in [6.07, 6.45) is 6.21. The lowest BCUT2D eigenvalue weighted by Crippen LogP contribution is -2.53. The molecule has 2 aromatic rings. The average molecular weight is 366 g/mol. The highest BCUT2D eigenvalue weighted by atomic mass is 16.5. The van der Waals surface area contributed by atoms with E-state index in [1.54, 1.807) is 0 Å². The zero-order valence-electron chi connectivity index (χ0n) is 15.8. The molecule has 1 aliphatic carbocycles. The number of ether oxygens (including phenoxy) is 1. The molecule has 2 aromatic carbocycles. The summed E-state index contributed by atoms with van der Waals surface area (Å²) in [7, 11) is 0. The van der Waals surface area contributed by atoms with Crippen molar-refractivity contribution in [3.63, 3.8) is 0 Å². The Hall–Kier alpha value is -2.07. The van der Waals surface area contributed by atoms with Gasteiger partial charge in [-0.05, 0) is 40.7 Å². The Kier molecular flexibility index (Phi) is 5.63. The number of hydrogen-bond donors (Lipinski definition) is 0. The molecular weight excluding hydrogens is 338 g/mol. The van der Waals surface area contributed by atoms with Gasteiger partial charge in [-0.2, -0.15) is 0 Å². The van der Waals surface area contributed by atoms with Crippen molar-refractivity contribution in [1.82, 2.24) is 4.90 Å². The van der Waals surface area contributed by atoms with E-state index in [0.29, 0.717) is 31.5 Å². The van der Waals surface area contributed by atoms with Gasteiger partial charge in [0, 0.05) is 13.1 Å². The minimum atomic E-state index is -1.07. The summed E-state index contributed by atoms with van der Waals surface area (Å²) < 4.78 is 6.33. The second-order valence-corrected chi connectivity index (χ2v) is 8.09. The van der Waals surface area contributed by atoms with Crippen LogP contribution in [0.3, 0.4) is 0 Å². The fraction of sp³-hybridized carbons (Fsp3) is 0.522. The molecule has 4 heteroatoms. The lowest BCUT2D eigenvalue weighted by atomic mass is 9.74. The van der Waals surface area contributed by atoms with Gasteiger partial charge >= 0.3 is 0 Å². The first-order valence-electron chi connectivity index (χ1n) is 10.3. The molecule has 1 aliphatic heterocycles. The number of likely N-dealkylation sites (tertiary alicyclic amines) is 1. The number of fused-ring (bicyclic) bond motifs is 1. The van der Waals surface area contributed by atoms with Gasteiger partial charge < -0.3 is 19.5 Å². The van der Waals surface area contributed by atoms with Crippen LogP contribution in [0.5, 0.6) is 0 Å². The summed E-state index contributed by atoms with van der Waals surface area (Å²) in [6, 6.07) is 14.7. The van der Waals surface area contributed by atoms with Crippen molar-refractivity contribution in [1.29, 1.82) is 0 Å². The normalized spacial score (nSPS) is 24.2. The van der Waals surface area contributed by atoms with E-state index in [1.807, 2.05) is 12.1 Å². The van der Waals surface area contributed by atoms with Gasteiger partial charge in [0.05, 0.1) is 12.7 Å². The van der Waals surface area contributed by atoms with Gasteiger partial charge in [0.25, 0.3) is 0 Å². The summed E-state index contributed by atoms with van der Waals surface area (Å²) in [6.45, 7) is 1.55. The first-order chi connectivity index (χ1) is 13.2. The van der Waals surface area contributed by atoms with Crippen molar-refractivity contribution in [3.8, 4) is 0 Å². The van der Waals surface area contributed by atoms with Gasteiger partial charge in [0.2, 0.25) is 0 Å². The van der Waals surface area contributed by atoms with Crippen LogP contribution in [0.4, 0.5) is 4.79 Å². The Balaban J connectivity index is 1.46. The maximum atomic E-state index is 11.4. The molecule has 27 heavy (non-hydrogen) atoms.